The molecule has 6 heteroatoms. The maximum atomic E-state index is 12.6. The number of carbonyl (C=O) groups is 3. The highest BCUT2D eigenvalue weighted by Gasteiger charge is 2.55. The summed E-state index contributed by atoms with van der Waals surface area (Å²) < 4.78 is 0. The summed E-state index contributed by atoms with van der Waals surface area (Å²) in [5, 5.41) is 2.34. The van der Waals surface area contributed by atoms with Crippen LogP contribution >= 0.6 is 0 Å². The molecule has 4 amide bonds. The van der Waals surface area contributed by atoms with Crippen LogP contribution in [-0.4, -0.2) is 52.8 Å². The van der Waals surface area contributed by atoms with Crippen molar-refractivity contribution in [3.05, 3.63) is 0 Å². The van der Waals surface area contributed by atoms with Crippen LogP contribution in [0.25, 0.3) is 0 Å². The molecule has 1 atom stereocenters. The first kappa shape index (κ1) is 14.0. The molecule has 2 saturated heterocycles. The van der Waals surface area contributed by atoms with Gasteiger partial charge in [0.25, 0.3) is 11.8 Å². The Kier molecular flexibility index (Phi) is 3.89. The fourth-order valence-electron chi connectivity index (χ4n) is 3.06. The number of barbiturate groups is 1. The van der Waals surface area contributed by atoms with E-state index in [-0.39, 0.29) is 12.5 Å². The van der Waals surface area contributed by atoms with Gasteiger partial charge in [0, 0.05) is 6.54 Å². The van der Waals surface area contributed by atoms with Crippen LogP contribution in [0.4, 0.5) is 4.79 Å². The summed E-state index contributed by atoms with van der Waals surface area (Å²) in [6.45, 7) is 5.32. The molecule has 0 aromatic carbocycles. The molecule has 106 valence electrons. The van der Waals surface area contributed by atoms with Crippen LogP contribution in [0.15, 0.2) is 0 Å². The van der Waals surface area contributed by atoms with Gasteiger partial charge >= 0.3 is 6.03 Å². The normalized spacial score (nSPS) is 29.6. The molecule has 2 aliphatic heterocycles. The summed E-state index contributed by atoms with van der Waals surface area (Å²) in [4.78, 5) is 39.7. The zero-order chi connectivity index (χ0) is 14.0. The average molecular weight is 267 g/mol. The second-order valence-corrected chi connectivity index (χ2v) is 5.07. The molecule has 2 rings (SSSR count). The van der Waals surface area contributed by atoms with Crippen molar-refractivity contribution in [2.75, 3.05) is 19.6 Å². The summed E-state index contributed by atoms with van der Waals surface area (Å²) in [5.41, 5.74) is -1.19. The number of carbonyl (C=O) groups excluding carboxylic acids is 3. The zero-order valence-electron chi connectivity index (χ0n) is 11.6. The van der Waals surface area contributed by atoms with Crippen LogP contribution in [0.3, 0.4) is 0 Å². The third kappa shape index (κ3) is 2.04. The van der Waals surface area contributed by atoms with Crippen LogP contribution in [0.2, 0.25) is 0 Å². The highest BCUT2D eigenvalue weighted by Crippen LogP contribution is 2.29. The first-order chi connectivity index (χ1) is 9.07. The number of hydrogen-bond acceptors (Lipinski definition) is 4. The second-order valence-electron chi connectivity index (χ2n) is 5.07. The van der Waals surface area contributed by atoms with Crippen LogP contribution in [0.5, 0.6) is 0 Å². The molecule has 0 aromatic heterocycles. The number of amides is 4. The van der Waals surface area contributed by atoms with E-state index < -0.39 is 17.5 Å². The molecule has 0 spiro atoms. The molecule has 19 heavy (non-hydrogen) atoms. The van der Waals surface area contributed by atoms with Gasteiger partial charge in [0.2, 0.25) is 0 Å². The van der Waals surface area contributed by atoms with E-state index in [0.29, 0.717) is 6.42 Å². The Labute approximate surface area is 113 Å². The molecule has 1 N–H and O–H groups in total. The van der Waals surface area contributed by atoms with Crippen molar-refractivity contribution >= 4 is 17.8 Å². The van der Waals surface area contributed by atoms with Crippen molar-refractivity contribution in [1.29, 1.82) is 0 Å². The molecule has 6 nitrogen and oxygen atoms in total. The van der Waals surface area contributed by atoms with E-state index in [1.165, 1.54) is 0 Å². The summed E-state index contributed by atoms with van der Waals surface area (Å²) in [6, 6.07) is -0.599. The van der Waals surface area contributed by atoms with E-state index in [0.717, 1.165) is 37.3 Å². The van der Waals surface area contributed by atoms with Gasteiger partial charge in [0.05, 0.1) is 0 Å². The maximum Gasteiger partial charge on any atom is 0.330 e. The largest absolute Gasteiger partial charge is 0.330 e. The Morgan fingerprint density at radius 2 is 1.74 bits per heavy atom. The number of urea groups is 1. The first-order valence-electron chi connectivity index (χ1n) is 7.00. The van der Waals surface area contributed by atoms with Crippen LogP contribution in [0.1, 0.15) is 39.5 Å². The van der Waals surface area contributed by atoms with E-state index in [1.807, 2.05) is 11.8 Å². The molecule has 2 fully saturated rings. The molecule has 0 aliphatic carbocycles. The number of hydrogen-bond donors (Lipinski definition) is 1. The number of imide groups is 2. The highest BCUT2D eigenvalue weighted by molar-refractivity contribution is 6.22. The zero-order valence-corrected chi connectivity index (χ0v) is 11.6. The second kappa shape index (κ2) is 5.28. The van der Waals surface area contributed by atoms with Crippen molar-refractivity contribution < 1.29 is 14.4 Å². The average Bonchev–Trinajstić information content (AvgIpc) is 2.41. The van der Waals surface area contributed by atoms with E-state index >= 15 is 0 Å². The van der Waals surface area contributed by atoms with Crippen molar-refractivity contribution in [2.24, 2.45) is 0 Å². The Morgan fingerprint density at radius 3 is 2.26 bits per heavy atom. The lowest BCUT2D eigenvalue weighted by molar-refractivity contribution is -0.155. The lowest BCUT2D eigenvalue weighted by atomic mass is 9.87. The molecule has 0 radical (unpaired) electrons. The summed E-state index contributed by atoms with van der Waals surface area (Å²) in [5.74, 6) is -0.829. The van der Waals surface area contributed by atoms with Crippen molar-refractivity contribution in [3.63, 3.8) is 0 Å². The van der Waals surface area contributed by atoms with E-state index in [1.54, 1.807) is 6.92 Å². The highest BCUT2D eigenvalue weighted by atomic mass is 16.2. The van der Waals surface area contributed by atoms with Gasteiger partial charge in [-0.1, -0.05) is 13.3 Å². The molecule has 2 heterocycles. The van der Waals surface area contributed by atoms with Crippen molar-refractivity contribution in [3.8, 4) is 0 Å². The number of nitrogens with one attached hydrogen (secondary N) is 1. The Hall–Kier alpha value is -1.43. The molecule has 0 aromatic rings. The van der Waals surface area contributed by atoms with Crippen LogP contribution in [-0.2, 0) is 9.59 Å². The third-order valence-corrected chi connectivity index (χ3v) is 4.16. The monoisotopic (exact) mass is 267 g/mol. The van der Waals surface area contributed by atoms with Crippen LogP contribution < -0.4 is 5.32 Å². The summed E-state index contributed by atoms with van der Waals surface area (Å²) in [7, 11) is 0. The van der Waals surface area contributed by atoms with E-state index in [2.05, 4.69) is 5.32 Å². The smallest absolute Gasteiger partial charge is 0.282 e. The molecule has 0 unspecified atom stereocenters. The number of piperidine rings is 1. The predicted octanol–water partition coefficient (Wildman–Crippen LogP) is 0.719. The van der Waals surface area contributed by atoms with Gasteiger partial charge in [-0.25, -0.2) is 4.79 Å². The van der Waals surface area contributed by atoms with Gasteiger partial charge in [-0.2, -0.15) is 0 Å². The maximum absolute atomic E-state index is 12.6. The Balaban J connectivity index is 2.37. The minimum Gasteiger partial charge on any atom is -0.282 e. The van der Waals surface area contributed by atoms with Gasteiger partial charge in [-0.15, -0.1) is 0 Å². The minimum absolute atomic E-state index is 0.285. The molecule has 0 bridgehead atoms. The standard InChI is InChI=1S/C13H21N3O3/c1-3-13(15-8-6-5-7-9-15)10(17)14-12(19)16(4-2)11(13)18/h3-9H2,1-2H3,(H,14,17,19)/t13-/m0/s1. The van der Waals surface area contributed by atoms with Gasteiger partial charge in [0.1, 0.15) is 0 Å². The first-order valence-corrected chi connectivity index (χ1v) is 7.00. The van der Waals surface area contributed by atoms with Crippen molar-refractivity contribution in [2.45, 2.75) is 45.1 Å². The number of nitrogens with zero attached hydrogens (tertiary/aromatic N) is 2. The SMILES string of the molecule is CCN1C(=O)NC(=O)[C@](CC)(N2CCCCC2)C1=O. The molecule has 0 saturated carbocycles. The lowest BCUT2D eigenvalue weighted by Gasteiger charge is -2.46. The molecular weight excluding hydrogens is 246 g/mol. The number of rotatable bonds is 3. The van der Waals surface area contributed by atoms with Gasteiger partial charge < -0.3 is 0 Å². The van der Waals surface area contributed by atoms with Crippen molar-refractivity contribution in [1.82, 2.24) is 15.1 Å². The Bertz CT molecular complexity index is 404. The topological polar surface area (TPSA) is 69.7 Å². The van der Waals surface area contributed by atoms with E-state index in [4.69, 9.17) is 0 Å². The Morgan fingerprint density at radius 1 is 1.11 bits per heavy atom. The number of likely N-dealkylation sites (tertiary alicyclic amines) is 1. The minimum atomic E-state index is -1.19. The van der Waals surface area contributed by atoms with Gasteiger partial charge in [0.15, 0.2) is 5.54 Å². The van der Waals surface area contributed by atoms with Gasteiger partial charge in [-0.3, -0.25) is 24.7 Å². The molecule has 2 aliphatic rings. The van der Waals surface area contributed by atoms with Crippen LogP contribution in [0, 0.1) is 0 Å². The lowest BCUT2D eigenvalue weighted by Crippen LogP contribution is -2.74. The fraction of sp³-hybridized carbons (Fsp3) is 0.769. The quantitative estimate of drug-likeness (QED) is 0.765. The predicted molar refractivity (Wildman–Crippen MR) is 69.4 cm³/mol. The van der Waals surface area contributed by atoms with E-state index in [9.17, 15) is 14.4 Å². The summed E-state index contributed by atoms with van der Waals surface area (Å²) >= 11 is 0. The third-order valence-electron chi connectivity index (χ3n) is 4.16. The number of likely N-dealkylation sites (N-methyl/N-ethyl adjacent to an activating group) is 1. The van der Waals surface area contributed by atoms with Gasteiger partial charge in [-0.05, 0) is 39.3 Å². The summed E-state index contributed by atoms with van der Waals surface area (Å²) in [6.07, 6.45) is 3.49. The molecular formula is C13H21N3O3. The fourth-order valence-corrected chi connectivity index (χ4v) is 3.06.